The molecule has 10 nitrogen and oxygen atoms in total. The number of benzene rings is 1. The highest BCUT2D eigenvalue weighted by molar-refractivity contribution is 7.93. The first-order valence-electron chi connectivity index (χ1n) is 8.81. The summed E-state index contributed by atoms with van der Waals surface area (Å²) in [7, 11) is -2.18. The predicted molar refractivity (Wildman–Crippen MR) is 111 cm³/mol. The molecule has 0 aliphatic heterocycles. The molecule has 0 bridgehead atoms. The van der Waals surface area contributed by atoms with Gasteiger partial charge in [0.2, 0.25) is 5.91 Å². The Morgan fingerprint density at radius 2 is 1.97 bits per heavy atom. The van der Waals surface area contributed by atoms with Crippen LogP contribution >= 0.6 is 11.3 Å². The number of thiazole rings is 1. The molecule has 0 atom stereocenters. The van der Waals surface area contributed by atoms with Crippen LogP contribution in [0.25, 0.3) is 0 Å². The van der Waals surface area contributed by atoms with Crippen LogP contribution in [0.1, 0.15) is 23.0 Å². The van der Waals surface area contributed by atoms with Gasteiger partial charge in [-0.15, -0.1) is 11.3 Å². The monoisotopic (exact) mass is 449 g/mol. The van der Waals surface area contributed by atoms with Crippen molar-refractivity contribution >= 4 is 44.2 Å². The lowest BCUT2D eigenvalue weighted by atomic mass is 10.3. The summed E-state index contributed by atoms with van der Waals surface area (Å²) in [4.78, 5) is 28.6. The van der Waals surface area contributed by atoms with Gasteiger partial charge in [0.25, 0.3) is 10.0 Å². The van der Waals surface area contributed by atoms with Crippen molar-refractivity contribution in [1.29, 1.82) is 0 Å². The van der Waals surface area contributed by atoms with E-state index in [9.17, 15) is 18.0 Å². The van der Waals surface area contributed by atoms with Crippen molar-refractivity contribution in [3.63, 3.8) is 0 Å². The number of hydrogen-bond donors (Lipinski definition) is 2. The summed E-state index contributed by atoms with van der Waals surface area (Å²) < 4.78 is 33.4. The second kappa shape index (κ2) is 9.05. The number of sulfonamides is 1. The van der Waals surface area contributed by atoms with E-state index in [2.05, 4.69) is 20.1 Å². The molecule has 2 aromatic heterocycles. The fraction of sp³-hybridized carbons (Fsp3) is 0.222. The molecule has 0 spiro atoms. The summed E-state index contributed by atoms with van der Waals surface area (Å²) in [6.07, 6.45) is 1.20. The van der Waals surface area contributed by atoms with Gasteiger partial charge in [0, 0.05) is 12.4 Å². The summed E-state index contributed by atoms with van der Waals surface area (Å²) >= 11 is 1.07. The van der Waals surface area contributed by atoms with Gasteiger partial charge in [0.05, 0.1) is 29.8 Å². The minimum atomic E-state index is -3.76. The van der Waals surface area contributed by atoms with E-state index >= 15 is 0 Å². The molecule has 0 aliphatic rings. The number of hydrogen-bond acceptors (Lipinski definition) is 8. The number of nitrogens with one attached hydrogen (secondary N) is 2. The van der Waals surface area contributed by atoms with Crippen molar-refractivity contribution in [2.45, 2.75) is 18.2 Å². The minimum absolute atomic E-state index is 0.113. The van der Waals surface area contributed by atoms with Crippen LogP contribution in [0.3, 0.4) is 0 Å². The van der Waals surface area contributed by atoms with Crippen LogP contribution in [0.2, 0.25) is 0 Å². The summed E-state index contributed by atoms with van der Waals surface area (Å²) in [5.41, 5.74) is 0.519. The Balaban J connectivity index is 1.66. The maximum absolute atomic E-state index is 12.4. The number of nitrogens with zero attached hydrogens (tertiary/aromatic N) is 3. The average molecular weight is 450 g/mol. The SMILES string of the molecule is CCOC(=O)c1cnn(C)c1NC(=O)Cc1csc(NS(=O)(=O)c2ccccc2)n1. The van der Waals surface area contributed by atoms with E-state index in [1.807, 2.05) is 0 Å². The highest BCUT2D eigenvalue weighted by Gasteiger charge is 2.20. The summed E-state index contributed by atoms with van der Waals surface area (Å²) in [6, 6.07) is 7.90. The van der Waals surface area contributed by atoms with Crippen molar-refractivity contribution < 1.29 is 22.7 Å². The fourth-order valence-electron chi connectivity index (χ4n) is 2.49. The Kier molecular flexibility index (Phi) is 6.47. The maximum Gasteiger partial charge on any atom is 0.343 e. The van der Waals surface area contributed by atoms with Crippen molar-refractivity contribution in [3.8, 4) is 0 Å². The molecule has 1 aromatic carbocycles. The van der Waals surface area contributed by atoms with Crippen LogP contribution in [0, 0.1) is 0 Å². The van der Waals surface area contributed by atoms with Gasteiger partial charge in [0.1, 0.15) is 11.4 Å². The molecule has 2 N–H and O–H groups in total. The third kappa shape index (κ3) is 5.02. The second-order valence-corrected chi connectivity index (χ2v) is 8.58. The number of aryl methyl sites for hydroxylation is 1. The van der Waals surface area contributed by atoms with Crippen molar-refractivity contribution in [3.05, 3.63) is 53.2 Å². The van der Waals surface area contributed by atoms with E-state index in [1.54, 1.807) is 37.6 Å². The average Bonchev–Trinajstić information content (AvgIpc) is 3.29. The van der Waals surface area contributed by atoms with Gasteiger partial charge in [-0.05, 0) is 19.1 Å². The Hall–Kier alpha value is -3.25. The third-order valence-electron chi connectivity index (χ3n) is 3.86. The topological polar surface area (TPSA) is 132 Å². The van der Waals surface area contributed by atoms with Crippen molar-refractivity contribution in [2.24, 2.45) is 7.05 Å². The zero-order valence-corrected chi connectivity index (χ0v) is 17.8. The number of esters is 1. The van der Waals surface area contributed by atoms with Crippen LogP contribution in [0.5, 0.6) is 0 Å². The van der Waals surface area contributed by atoms with Gasteiger partial charge in [-0.1, -0.05) is 18.2 Å². The molecule has 0 unspecified atom stereocenters. The maximum atomic E-state index is 12.4. The lowest BCUT2D eigenvalue weighted by Crippen LogP contribution is -2.19. The number of ether oxygens (including phenoxy) is 1. The number of carbonyl (C=O) groups is 2. The molecular formula is C18H19N5O5S2. The highest BCUT2D eigenvalue weighted by atomic mass is 32.2. The Labute approximate surface area is 176 Å². The molecule has 0 fully saturated rings. The van der Waals surface area contributed by atoms with Crippen LogP contribution in [0.15, 0.2) is 46.8 Å². The Morgan fingerprint density at radius 1 is 1.23 bits per heavy atom. The first-order chi connectivity index (χ1) is 14.3. The number of carbonyl (C=O) groups excluding carboxylic acids is 2. The molecule has 0 saturated carbocycles. The summed E-state index contributed by atoms with van der Waals surface area (Å²) in [5.74, 6) is -0.822. The Bertz CT molecular complexity index is 1150. The molecule has 0 aliphatic carbocycles. The zero-order valence-electron chi connectivity index (χ0n) is 16.2. The number of anilines is 2. The van der Waals surface area contributed by atoms with Gasteiger partial charge < -0.3 is 10.1 Å². The predicted octanol–water partition coefficient (Wildman–Crippen LogP) is 2.04. The van der Waals surface area contributed by atoms with Gasteiger partial charge in [-0.3, -0.25) is 14.2 Å². The lowest BCUT2D eigenvalue weighted by Gasteiger charge is -2.07. The molecular weight excluding hydrogens is 430 g/mol. The molecule has 158 valence electrons. The molecule has 0 radical (unpaired) electrons. The molecule has 1 amide bonds. The largest absolute Gasteiger partial charge is 0.462 e. The van der Waals surface area contributed by atoms with E-state index in [0.29, 0.717) is 5.69 Å². The number of aromatic nitrogens is 3. The van der Waals surface area contributed by atoms with Crippen LogP contribution < -0.4 is 10.0 Å². The van der Waals surface area contributed by atoms with Crippen LogP contribution in [0.4, 0.5) is 10.9 Å². The summed E-state index contributed by atoms with van der Waals surface area (Å²) in [6.45, 7) is 1.87. The molecule has 2 heterocycles. The second-order valence-electron chi connectivity index (χ2n) is 6.04. The quantitative estimate of drug-likeness (QED) is 0.503. The molecule has 3 rings (SSSR count). The first-order valence-corrected chi connectivity index (χ1v) is 11.2. The van der Waals surface area contributed by atoms with E-state index in [-0.39, 0.29) is 34.4 Å². The molecule has 3 aromatic rings. The normalized spacial score (nSPS) is 11.1. The summed E-state index contributed by atoms with van der Waals surface area (Å²) in [5, 5.41) is 8.31. The van der Waals surface area contributed by atoms with E-state index in [4.69, 9.17) is 4.74 Å². The highest BCUT2D eigenvalue weighted by Crippen LogP contribution is 2.21. The fourth-order valence-corrected chi connectivity index (χ4v) is 4.48. The molecule has 0 saturated heterocycles. The molecule has 12 heteroatoms. The molecule has 30 heavy (non-hydrogen) atoms. The van der Waals surface area contributed by atoms with E-state index in [0.717, 1.165) is 11.3 Å². The minimum Gasteiger partial charge on any atom is -0.462 e. The van der Waals surface area contributed by atoms with Crippen molar-refractivity contribution in [1.82, 2.24) is 14.8 Å². The van der Waals surface area contributed by atoms with E-state index < -0.39 is 21.9 Å². The van der Waals surface area contributed by atoms with Crippen molar-refractivity contribution in [2.75, 3.05) is 16.6 Å². The van der Waals surface area contributed by atoms with Gasteiger partial charge in [0.15, 0.2) is 5.13 Å². The lowest BCUT2D eigenvalue weighted by molar-refractivity contribution is -0.115. The van der Waals surface area contributed by atoms with Gasteiger partial charge in [-0.2, -0.15) is 5.10 Å². The Morgan fingerprint density at radius 3 is 2.67 bits per heavy atom. The van der Waals surface area contributed by atoms with Gasteiger partial charge >= 0.3 is 5.97 Å². The van der Waals surface area contributed by atoms with Crippen LogP contribution in [-0.2, 0) is 33.0 Å². The number of rotatable bonds is 8. The van der Waals surface area contributed by atoms with Gasteiger partial charge in [-0.25, -0.2) is 18.2 Å². The van der Waals surface area contributed by atoms with E-state index in [1.165, 1.54) is 23.0 Å². The number of amides is 1. The standard InChI is InChI=1S/C18H19N5O5S2/c1-3-28-17(25)14-10-19-23(2)16(14)21-15(24)9-12-11-29-18(20-12)22-30(26,27)13-7-5-4-6-8-13/h4-8,10-11H,3,9H2,1-2H3,(H,20,22)(H,21,24). The zero-order chi connectivity index (χ0) is 21.7. The third-order valence-corrected chi connectivity index (χ3v) is 6.15. The first kappa shape index (κ1) is 21.5. The smallest absolute Gasteiger partial charge is 0.343 e. The van der Waals surface area contributed by atoms with Crippen LogP contribution in [-0.4, -0.2) is 41.7 Å².